The first-order chi connectivity index (χ1) is 7.33. The molecule has 2 fully saturated rings. The van der Waals surface area contributed by atoms with E-state index in [0.29, 0.717) is 12.6 Å². The highest BCUT2D eigenvalue weighted by Crippen LogP contribution is 2.25. The number of carbonyl (C=O) groups is 1. The van der Waals surface area contributed by atoms with Gasteiger partial charge < -0.3 is 15.3 Å². The van der Waals surface area contributed by atoms with Crippen LogP contribution in [0.3, 0.4) is 0 Å². The maximum atomic E-state index is 12.1. The summed E-state index contributed by atoms with van der Waals surface area (Å²) in [7, 11) is 0. The van der Waals surface area contributed by atoms with Crippen LogP contribution >= 0.6 is 0 Å². The van der Waals surface area contributed by atoms with Gasteiger partial charge in [-0.3, -0.25) is 4.79 Å². The number of hydrogen-bond donors (Lipinski definition) is 2. The van der Waals surface area contributed by atoms with E-state index in [1.165, 1.54) is 12.8 Å². The molecule has 2 N–H and O–H groups in total. The maximum Gasteiger partial charge on any atom is 0.228 e. The number of hydrogen-bond acceptors (Lipinski definition) is 3. The van der Waals surface area contributed by atoms with Crippen LogP contribution in [-0.2, 0) is 4.79 Å². The number of nitrogens with one attached hydrogen (secondary N) is 1. The van der Waals surface area contributed by atoms with E-state index in [9.17, 15) is 4.79 Å². The number of aliphatic hydroxyl groups excluding tert-OH is 1. The molecule has 86 valence electrons. The van der Waals surface area contributed by atoms with Crippen molar-refractivity contribution < 1.29 is 9.90 Å². The van der Waals surface area contributed by atoms with Crippen LogP contribution in [0.4, 0.5) is 0 Å². The van der Waals surface area contributed by atoms with E-state index in [1.807, 2.05) is 4.90 Å². The molecule has 0 spiro atoms. The minimum atomic E-state index is 0.0857. The van der Waals surface area contributed by atoms with Crippen molar-refractivity contribution in [2.24, 2.45) is 5.92 Å². The fourth-order valence-electron chi connectivity index (χ4n) is 2.49. The highest BCUT2D eigenvalue weighted by molar-refractivity contribution is 5.80. The molecule has 1 saturated heterocycles. The fraction of sp³-hybridized carbons (Fsp3) is 0.909. The highest BCUT2D eigenvalue weighted by atomic mass is 16.3. The van der Waals surface area contributed by atoms with Gasteiger partial charge in [-0.05, 0) is 12.8 Å². The van der Waals surface area contributed by atoms with Crippen LogP contribution in [0.5, 0.6) is 0 Å². The molecule has 15 heavy (non-hydrogen) atoms. The average Bonchev–Trinajstić information content (AvgIpc) is 2.63. The highest BCUT2D eigenvalue weighted by Gasteiger charge is 2.33. The van der Waals surface area contributed by atoms with E-state index in [4.69, 9.17) is 5.11 Å². The minimum Gasteiger partial charge on any atom is -0.395 e. The van der Waals surface area contributed by atoms with Crippen LogP contribution in [0.25, 0.3) is 0 Å². The summed E-state index contributed by atoms with van der Waals surface area (Å²) < 4.78 is 0. The summed E-state index contributed by atoms with van der Waals surface area (Å²) in [4.78, 5) is 14.0. The summed E-state index contributed by atoms with van der Waals surface area (Å²) in [5, 5.41) is 12.1. The molecular weight excluding hydrogens is 192 g/mol. The van der Waals surface area contributed by atoms with Crippen LogP contribution in [-0.4, -0.2) is 48.2 Å². The number of rotatable bonds is 4. The summed E-state index contributed by atoms with van der Waals surface area (Å²) in [5.74, 6) is 0.409. The predicted molar refractivity (Wildman–Crippen MR) is 57.4 cm³/mol. The smallest absolute Gasteiger partial charge is 0.228 e. The zero-order chi connectivity index (χ0) is 10.7. The molecule has 1 aliphatic carbocycles. The van der Waals surface area contributed by atoms with Crippen molar-refractivity contribution in [1.82, 2.24) is 10.2 Å². The van der Waals surface area contributed by atoms with E-state index in [2.05, 4.69) is 5.32 Å². The molecule has 0 aromatic rings. The van der Waals surface area contributed by atoms with Crippen LogP contribution in [0.15, 0.2) is 0 Å². The normalized spacial score (nSPS) is 22.7. The second-order valence-corrected chi connectivity index (χ2v) is 4.55. The molecule has 0 bridgehead atoms. The Hall–Kier alpha value is -0.610. The van der Waals surface area contributed by atoms with E-state index < -0.39 is 0 Å². The standard InChI is InChI=1S/C11H20N2O2/c14-6-5-13(10-3-1-2-4-10)11(15)9-7-12-8-9/h9-10,12,14H,1-8H2. The molecule has 0 aromatic heterocycles. The molecule has 0 atom stereocenters. The van der Waals surface area contributed by atoms with Gasteiger partial charge in [0.15, 0.2) is 0 Å². The van der Waals surface area contributed by atoms with Gasteiger partial charge in [-0.25, -0.2) is 0 Å². The third kappa shape index (κ3) is 2.32. The Morgan fingerprint density at radius 3 is 2.47 bits per heavy atom. The zero-order valence-electron chi connectivity index (χ0n) is 9.11. The average molecular weight is 212 g/mol. The van der Waals surface area contributed by atoms with Crippen LogP contribution in [0.1, 0.15) is 25.7 Å². The molecular formula is C11H20N2O2. The third-order valence-corrected chi connectivity index (χ3v) is 3.52. The van der Waals surface area contributed by atoms with E-state index in [1.54, 1.807) is 0 Å². The van der Waals surface area contributed by atoms with Crippen LogP contribution < -0.4 is 5.32 Å². The Morgan fingerprint density at radius 1 is 1.33 bits per heavy atom. The van der Waals surface area contributed by atoms with Crippen molar-refractivity contribution >= 4 is 5.91 Å². The van der Waals surface area contributed by atoms with Gasteiger partial charge in [0.2, 0.25) is 5.91 Å². The first-order valence-corrected chi connectivity index (χ1v) is 5.95. The summed E-state index contributed by atoms with van der Waals surface area (Å²) in [6, 6.07) is 0.394. The number of aliphatic hydroxyl groups is 1. The van der Waals surface area contributed by atoms with Gasteiger partial charge in [-0.1, -0.05) is 12.8 Å². The molecule has 1 heterocycles. The van der Waals surface area contributed by atoms with Gasteiger partial charge in [-0.15, -0.1) is 0 Å². The largest absolute Gasteiger partial charge is 0.395 e. The van der Waals surface area contributed by atoms with Crippen molar-refractivity contribution in [3.05, 3.63) is 0 Å². The van der Waals surface area contributed by atoms with Gasteiger partial charge in [0.1, 0.15) is 0 Å². The fourth-order valence-corrected chi connectivity index (χ4v) is 2.49. The summed E-state index contributed by atoms with van der Waals surface area (Å²) in [6.07, 6.45) is 4.68. The lowest BCUT2D eigenvalue weighted by Gasteiger charge is -2.35. The Bertz CT molecular complexity index is 223. The second-order valence-electron chi connectivity index (χ2n) is 4.55. The topological polar surface area (TPSA) is 52.6 Å². The lowest BCUT2D eigenvalue weighted by atomic mass is 10.0. The molecule has 0 radical (unpaired) electrons. The van der Waals surface area contributed by atoms with Crippen molar-refractivity contribution in [2.45, 2.75) is 31.7 Å². The molecule has 4 nitrogen and oxygen atoms in total. The van der Waals surface area contributed by atoms with Crippen molar-refractivity contribution in [3.63, 3.8) is 0 Å². The molecule has 1 amide bonds. The monoisotopic (exact) mass is 212 g/mol. The van der Waals surface area contributed by atoms with Gasteiger partial charge in [-0.2, -0.15) is 0 Å². The number of amides is 1. The SMILES string of the molecule is O=C(C1CNC1)N(CCO)C1CCCC1. The first-order valence-electron chi connectivity index (χ1n) is 5.95. The molecule has 4 heteroatoms. The van der Waals surface area contributed by atoms with Crippen molar-refractivity contribution in [1.29, 1.82) is 0 Å². The lowest BCUT2D eigenvalue weighted by molar-refractivity contribution is -0.140. The Labute approximate surface area is 90.6 Å². The van der Waals surface area contributed by atoms with Gasteiger partial charge in [0, 0.05) is 25.7 Å². The predicted octanol–water partition coefficient (Wildman–Crippen LogP) is -0.0307. The van der Waals surface area contributed by atoms with E-state index in [0.717, 1.165) is 25.9 Å². The summed E-state index contributed by atoms with van der Waals surface area (Å²) in [5.41, 5.74) is 0. The molecule has 2 rings (SSSR count). The molecule has 2 aliphatic rings. The van der Waals surface area contributed by atoms with Gasteiger partial charge in [0.05, 0.1) is 12.5 Å². The van der Waals surface area contributed by atoms with Gasteiger partial charge >= 0.3 is 0 Å². The second kappa shape index (κ2) is 4.94. The zero-order valence-corrected chi connectivity index (χ0v) is 9.11. The van der Waals surface area contributed by atoms with E-state index in [-0.39, 0.29) is 18.4 Å². The van der Waals surface area contributed by atoms with Gasteiger partial charge in [0.25, 0.3) is 0 Å². The number of carbonyl (C=O) groups excluding carboxylic acids is 1. The summed E-state index contributed by atoms with van der Waals surface area (Å²) in [6.45, 7) is 2.23. The van der Waals surface area contributed by atoms with E-state index >= 15 is 0 Å². The van der Waals surface area contributed by atoms with Crippen LogP contribution in [0, 0.1) is 5.92 Å². The lowest BCUT2D eigenvalue weighted by Crippen LogP contribution is -2.54. The molecule has 0 unspecified atom stereocenters. The molecule has 0 aromatic carbocycles. The van der Waals surface area contributed by atoms with Crippen molar-refractivity contribution in [2.75, 3.05) is 26.2 Å². The minimum absolute atomic E-state index is 0.0857. The molecule has 1 aliphatic heterocycles. The van der Waals surface area contributed by atoms with Crippen molar-refractivity contribution in [3.8, 4) is 0 Å². The Kier molecular flexibility index (Phi) is 3.59. The first kappa shape index (κ1) is 10.9. The number of nitrogens with zero attached hydrogens (tertiary/aromatic N) is 1. The Morgan fingerprint density at radius 2 is 2.00 bits per heavy atom. The quantitative estimate of drug-likeness (QED) is 0.688. The van der Waals surface area contributed by atoms with Crippen LogP contribution in [0.2, 0.25) is 0 Å². The third-order valence-electron chi connectivity index (χ3n) is 3.52. The maximum absolute atomic E-state index is 12.1. The Balaban J connectivity index is 1.94. The molecule has 1 saturated carbocycles. The summed E-state index contributed by atoms with van der Waals surface area (Å²) >= 11 is 0.